The summed E-state index contributed by atoms with van der Waals surface area (Å²) in [5.41, 5.74) is 3.01. The number of amides is 2. The van der Waals surface area contributed by atoms with E-state index >= 15 is 0 Å². The summed E-state index contributed by atoms with van der Waals surface area (Å²) in [5.74, 6) is -1.96. The summed E-state index contributed by atoms with van der Waals surface area (Å²) < 4.78 is 1.67. The Bertz CT molecular complexity index is 1190. The monoisotopic (exact) mass is 421 g/mol. The van der Waals surface area contributed by atoms with Gasteiger partial charge in [0.1, 0.15) is 5.56 Å². The molecule has 1 aliphatic carbocycles. The maximum absolute atomic E-state index is 12.9. The number of imide groups is 1. The molecular formula is C22H16ClN3O4. The first-order valence-corrected chi connectivity index (χ1v) is 9.88. The van der Waals surface area contributed by atoms with Gasteiger partial charge in [-0.15, -0.1) is 0 Å². The molecule has 8 heteroatoms. The Hall–Kier alpha value is -3.45. The normalized spacial score (nSPS) is 15.5. The van der Waals surface area contributed by atoms with Gasteiger partial charge < -0.3 is 4.84 Å². The lowest BCUT2D eigenvalue weighted by Crippen LogP contribution is -2.32. The van der Waals surface area contributed by atoms with Crippen LogP contribution in [0.2, 0.25) is 5.02 Å². The number of fused-ring (bicyclic) bond motifs is 1. The fourth-order valence-corrected chi connectivity index (χ4v) is 3.74. The van der Waals surface area contributed by atoms with Crippen LogP contribution >= 0.6 is 11.6 Å². The van der Waals surface area contributed by atoms with Crippen LogP contribution in [0.4, 0.5) is 0 Å². The second-order valence-corrected chi connectivity index (χ2v) is 7.80. The summed E-state index contributed by atoms with van der Waals surface area (Å²) in [4.78, 5) is 43.1. The molecule has 2 heterocycles. The largest absolute Gasteiger partial charge is 0.367 e. The van der Waals surface area contributed by atoms with Crippen molar-refractivity contribution in [3.8, 4) is 5.69 Å². The molecule has 1 saturated carbocycles. The van der Waals surface area contributed by atoms with Crippen LogP contribution in [0.5, 0.6) is 0 Å². The highest BCUT2D eigenvalue weighted by molar-refractivity contribution is 6.31. The third-order valence-corrected chi connectivity index (χ3v) is 5.73. The number of carbonyl (C=O) groups excluding carboxylic acids is 3. The molecule has 2 aliphatic rings. The third kappa shape index (κ3) is 2.90. The minimum Gasteiger partial charge on any atom is -0.324 e. The van der Waals surface area contributed by atoms with Crippen LogP contribution in [-0.4, -0.2) is 32.6 Å². The molecule has 0 atom stereocenters. The minimum atomic E-state index is -0.795. The number of rotatable bonds is 4. The second kappa shape index (κ2) is 6.81. The van der Waals surface area contributed by atoms with Crippen molar-refractivity contribution in [2.45, 2.75) is 25.7 Å². The Labute approximate surface area is 176 Å². The Morgan fingerprint density at radius 1 is 1.10 bits per heavy atom. The molecule has 7 nitrogen and oxygen atoms in total. The zero-order chi connectivity index (χ0) is 21.0. The van der Waals surface area contributed by atoms with E-state index in [1.54, 1.807) is 22.9 Å². The third-order valence-electron chi connectivity index (χ3n) is 5.32. The van der Waals surface area contributed by atoms with Gasteiger partial charge in [0.2, 0.25) is 0 Å². The molecule has 2 aromatic carbocycles. The van der Waals surface area contributed by atoms with Gasteiger partial charge in [-0.25, -0.2) is 9.48 Å². The standard InChI is InChI=1S/C22H16ClN3O4/c1-12-6-9-14(10-18(12)23)25-19(13-7-8-13)17(11-24-25)22(29)30-26-20(27)15-4-2-3-5-16(15)21(26)28/h2-6,9-11,13H,7-8H2,1H3. The van der Waals surface area contributed by atoms with E-state index in [-0.39, 0.29) is 22.6 Å². The van der Waals surface area contributed by atoms with Gasteiger partial charge in [0, 0.05) is 10.9 Å². The van der Waals surface area contributed by atoms with Gasteiger partial charge in [-0.05, 0) is 49.6 Å². The van der Waals surface area contributed by atoms with Crippen LogP contribution in [0.1, 0.15) is 61.1 Å². The number of carbonyl (C=O) groups is 3. The van der Waals surface area contributed by atoms with Crippen molar-refractivity contribution < 1.29 is 19.2 Å². The Morgan fingerprint density at radius 2 is 1.77 bits per heavy atom. The molecular weight excluding hydrogens is 406 g/mol. The lowest BCUT2D eigenvalue weighted by molar-refractivity contribution is -0.0585. The number of halogens is 1. The summed E-state index contributed by atoms with van der Waals surface area (Å²) in [6.45, 7) is 1.90. The zero-order valence-electron chi connectivity index (χ0n) is 16.0. The molecule has 0 unspecified atom stereocenters. The van der Waals surface area contributed by atoms with Gasteiger partial charge in [0.15, 0.2) is 0 Å². The molecule has 5 rings (SSSR count). The first-order valence-electron chi connectivity index (χ1n) is 9.50. The predicted octanol–water partition coefficient (Wildman–Crippen LogP) is 4.08. The molecule has 0 radical (unpaired) electrons. The quantitative estimate of drug-likeness (QED) is 0.593. The van der Waals surface area contributed by atoms with Gasteiger partial charge in [-0.3, -0.25) is 9.59 Å². The van der Waals surface area contributed by atoms with E-state index in [4.69, 9.17) is 16.4 Å². The van der Waals surface area contributed by atoms with E-state index in [1.165, 1.54) is 18.3 Å². The van der Waals surface area contributed by atoms with Crippen LogP contribution in [0.3, 0.4) is 0 Å². The van der Waals surface area contributed by atoms with Crippen LogP contribution in [0, 0.1) is 6.92 Å². The Morgan fingerprint density at radius 3 is 2.37 bits per heavy atom. The SMILES string of the molecule is Cc1ccc(-n2ncc(C(=O)ON3C(=O)c4ccccc4C3=O)c2C2CC2)cc1Cl. The lowest BCUT2D eigenvalue weighted by atomic mass is 10.1. The highest BCUT2D eigenvalue weighted by Gasteiger charge is 2.40. The van der Waals surface area contributed by atoms with E-state index in [2.05, 4.69) is 5.10 Å². The highest BCUT2D eigenvalue weighted by Crippen LogP contribution is 2.43. The number of hydrogen-bond donors (Lipinski definition) is 0. The topological polar surface area (TPSA) is 81.5 Å². The number of aromatic nitrogens is 2. The first kappa shape index (κ1) is 18.6. The molecule has 1 fully saturated rings. The summed E-state index contributed by atoms with van der Waals surface area (Å²) >= 11 is 6.26. The van der Waals surface area contributed by atoms with Crippen molar-refractivity contribution >= 4 is 29.4 Å². The molecule has 1 aromatic heterocycles. The molecule has 0 N–H and O–H groups in total. The summed E-state index contributed by atoms with van der Waals surface area (Å²) in [6.07, 6.45) is 3.24. The van der Waals surface area contributed by atoms with E-state index in [0.717, 1.165) is 24.1 Å². The highest BCUT2D eigenvalue weighted by atomic mass is 35.5. The smallest absolute Gasteiger partial charge is 0.324 e. The molecule has 0 saturated heterocycles. The molecule has 2 amide bonds. The minimum absolute atomic E-state index is 0.150. The number of hydrogen-bond acceptors (Lipinski definition) is 5. The number of hydroxylamine groups is 2. The van der Waals surface area contributed by atoms with Gasteiger partial charge in [-0.1, -0.05) is 34.9 Å². The van der Waals surface area contributed by atoms with Crippen LogP contribution in [0.25, 0.3) is 5.69 Å². The van der Waals surface area contributed by atoms with Crippen molar-refractivity contribution in [2.24, 2.45) is 0 Å². The van der Waals surface area contributed by atoms with Crippen molar-refractivity contribution in [1.29, 1.82) is 0 Å². The predicted molar refractivity (Wildman–Crippen MR) is 108 cm³/mol. The van der Waals surface area contributed by atoms with Crippen molar-refractivity contribution in [1.82, 2.24) is 14.8 Å². The molecule has 0 bridgehead atoms. The fourth-order valence-electron chi connectivity index (χ4n) is 3.57. The molecule has 0 spiro atoms. The maximum Gasteiger partial charge on any atom is 0.367 e. The molecule has 150 valence electrons. The average molecular weight is 422 g/mol. The van der Waals surface area contributed by atoms with Crippen LogP contribution < -0.4 is 0 Å². The number of nitrogens with zero attached hydrogens (tertiary/aromatic N) is 3. The van der Waals surface area contributed by atoms with Gasteiger partial charge in [0.25, 0.3) is 11.8 Å². The fraction of sp³-hybridized carbons (Fsp3) is 0.182. The van der Waals surface area contributed by atoms with Gasteiger partial charge in [-0.2, -0.15) is 5.10 Å². The summed E-state index contributed by atoms with van der Waals surface area (Å²) in [7, 11) is 0. The van der Waals surface area contributed by atoms with Crippen molar-refractivity contribution in [2.75, 3.05) is 0 Å². The molecule has 30 heavy (non-hydrogen) atoms. The first-order chi connectivity index (χ1) is 14.5. The zero-order valence-corrected chi connectivity index (χ0v) is 16.7. The van der Waals surface area contributed by atoms with E-state index in [9.17, 15) is 14.4 Å². The van der Waals surface area contributed by atoms with E-state index < -0.39 is 17.8 Å². The Kier molecular flexibility index (Phi) is 4.22. The van der Waals surface area contributed by atoms with Crippen molar-refractivity contribution in [3.05, 3.63) is 81.6 Å². The van der Waals surface area contributed by atoms with E-state index in [0.29, 0.717) is 15.8 Å². The molecule has 3 aromatic rings. The van der Waals surface area contributed by atoms with Crippen molar-refractivity contribution in [3.63, 3.8) is 0 Å². The lowest BCUT2D eigenvalue weighted by Gasteiger charge is -2.13. The average Bonchev–Trinajstić information content (AvgIpc) is 3.45. The van der Waals surface area contributed by atoms with Crippen LogP contribution in [-0.2, 0) is 4.84 Å². The maximum atomic E-state index is 12.9. The Balaban J connectivity index is 1.47. The second-order valence-electron chi connectivity index (χ2n) is 7.39. The molecule has 1 aliphatic heterocycles. The summed E-state index contributed by atoms with van der Waals surface area (Å²) in [5, 5.41) is 5.48. The van der Waals surface area contributed by atoms with Crippen LogP contribution in [0.15, 0.2) is 48.7 Å². The number of aryl methyl sites for hydroxylation is 1. The summed E-state index contributed by atoms with van der Waals surface area (Å²) in [6, 6.07) is 11.9. The number of benzene rings is 2. The van der Waals surface area contributed by atoms with E-state index in [1.807, 2.05) is 19.1 Å². The van der Waals surface area contributed by atoms with Gasteiger partial charge in [0.05, 0.1) is 28.7 Å². The van der Waals surface area contributed by atoms with Gasteiger partial charge >= 0.3 is 5.97 Å².